The molecule has 3 N–H and O–H groups in total. The van der Waals surface area contributed by atoms with Crippen molar-refractivity contribution in [3.05, 3.63) is 59.7 Å². The molecule has 0 bridgehead atoms. The Bertz CT molecular complexity index is 1160. The van der Waals surface area contributed by atoms with E-state index in [0.29, 0.717) is 5.69 Å². The number of hydrogen-bond acceptors (Lipinski definition) is 5. The molecule has 3 rings (SSSR count). The molecule has 0 unspecified atom stereocenters. The molecule has 0 fully saturated rings. The molecule has 2 aromatic carbocycles. The number of hydrogen-bond donors (Lipinski definition) is 2. The van der Waals surface area contributed by atoms with Crippen molar-refractivity contribution in [1.29, 1.82) is 0 Å². The van der Waals surface area contributed by atoms with Crippen LogP contribution in [0.4, 0.5) is 5.69 Å². The Hall–Kier alpha value is -2.42. The summed E-state index contributed by atoms with van der Waals surface area (Å²) < 4.78 is 22.9. The van der Waals surface area contributed by atoms with E-state index >= 15 is 0 Å². The van der Waals surface area contributed by atoms with Gasteiger partial charge >= 0.3 is 0 Å². The summed E-state index contributed by atoms with van der Waals surface area (Å²) in [7, 11) is -3.83. The molecule has 0 aliphatic rings. The number of thioether (sulfide) groups is 1. The van der Waals surface area contributed by atoms with Crippen molar-refractivity contribution in [3.8, 4) is 0 Å². The van der Waals surface area contributed by atoms with Crippen LogP contribution in [0.5, 0.6) is 0 Å². The van der Waals surface area contributed by atoms with Crippen LogP contribution >= 0.6 is 11.8 Å². The number of aryl methyl sites for hydroxylation is 2. The van der Waals surface area contributed by atoms with Gasteiger partial charge in [0.1, 0.15) is 0 Å². The van der Waals surface area contributed by atoms with Crippen LogP contribution in [0.2, 0.25) is 0 Å². The van der Waals surface area contributed by atoms with Crippen molar-refractivity contribution >= 4 is 44.3 Å². The standard InChI is InChI=1S/C20H21N3O3S2/c1-12-6-4-9-17-13(2)10-18(23-19(12)17)27-14(3)20(24)22-15-7-5-8-16(11-15)28(21,25)26/h4-11,14H,1-3H3,(H,22,24)(H2,21,25,26)/t14-/m1/s1. The Morgan fingerprint density at radius 3 is 2.54 bits per heavy atom. The average Bonchev–Trinajstić information content (AvgIpc) is 2.62. The smallest absolute Gasteiger partial charge is 0.238 e. The molecule has 0 radical (unpaired) electrons. The summed E-state index contributed by atoms with van der Waals surface area (Å²) in [6, 6.07) is 13.9. The predicted octanol–water partition coefficient (Wildman–Crippen LogP) is 3.62. The number of sulfonamides is 1. The molecule has 1 amide bonds. The van der Waals surface area contributed by atoms with Gasteiger partial charge in [0.2, 0.25) is 15.9 Å². The van der Waals surface area contributed by atoms with Crippen LogP contribution in [0.3, 0.4) is 0 Å². The van der Waals surface area contributed by atoms with E-state index in [0.717, 1.165) is 27.1 Å². The zero-order valence-electron chi connectivity index (χ0n) is 15.8. The van der Waals surface area contributed by atoms with Gasteiger partial charge in [-0.3, -0.25) is 4.79 Å². The largest absolute Gasteiger partial charge is 0.325 e. The van der Waals surface area contributed by atoms with Gasteiger partial charge in [-0.2, -0.15) is 0 Å². The molecule has 28 heavy (non-hydrogen) atoms. The molecular weight excluding hydrogens is 394 g/mol. The Balaban J connectivity index is 1.78. The van der Waals surface area contributed by atoms with Gasteiger partial charge < -0.3 is 5.32 Å². The third-order valence-electron chi connectivity index (χ3n) is 4.32. The number of pyridine rings is 1. The van der Waals surface area contributed by atoms with Crippen LogP contribution in [0.25, 0.3) is 10.9 Å². The second-order valence-corrected chi connectivity index (χ2v) is 9.49. The first-order chi connectivity index (χ1) is 13.1. The number of amides is 1. The Kier molecular flexibility index (Phi) is 5.74. The number of carbonyl (C=O) groups is 1. The summed E-state index contributed by atoms with van der Waals surface area (Å²) in [6.07, 6.45) is 0. The molecule has 0 aliphatic carbocycles. The topological polar surface area (TPSA) is 102 Å². The van der Waals surface area contributed by atoms with Gasteiger partial charge in [0.05, 0.1) is 20.7 Å². The number of nitrogens with two attached hydrogens (primary N) is 1. The molecule has 3 aromatic rings. The van der Waals surface area contributed by atoms with E-state index in [4.69, 9.17) is 10.1 Å². The van der Waals surface area contributed by atoms with Crippen molar-refractivity contribution in [3.63, 3.8) is 0 Å². The quantitative estimate of drug-likeness (QED) is 0.620. The molecule has 8 heteroatoms. The number of carbonyl (C=O) groups excluding carboxylic acids is 1. The molecule has 146 valence electrons. The van der Waals surface area contributed by atoms with Crippen molar-refractivity contribution < 1.29 is 13.2 Å². The van der Waals surface area contributed by atoms with Crippen molar-refractivity contribution in [2.24, 2.45) is 5.14 Å². The number of nitrogens with zero attached hydrogens (tertiary/aromatic N) is 1. The van der Waals surface area contributed by atoms with Gasteiger partial charge in [-0.05, 0) is 56.2 Å². The molecule has 6 nitrogen and oxygen atoms in total. The van der Waals surface area contributed by atoms with Gasteiger partial charge in [-0.25, -0.2) is 18.5 Å². The minimum Gasteiger partial charge on any atom is -0.325 e. The first-order valence-corrected chi connectivity index (χ1v) is 11.0. The monoisotopic (exact) mass is 415 g/mol. The van der Waals surface area contributed by atoms with E-state index in [-0.39, 0.29) is 10.8 Å². The van der Waals surface area contributed by atoms with Crippen LogP contribution < -0.4 is 10.5 Å². The predicted molar refractivity (Wildman–Crippen MR) is 113 cm³/mol. The van der Waals surface area contributed by atoms with E-state index in [1.165, 1.54) is 30.0 Å². The molecule has 0 aliphatic heterocycles. The molecule has 1 aromatic heterocycles. The summed E-state index contributed by atoms with van der Waals surface area (Å²) in [6.45, 7) is 5.82. The van der Waals surface area contributed by atoms with Crippen molar-refractivity contribution in [2.45, 2.75) is 35.9 Å². The number of fused-ring (bicyclic) bond motifs is 1. The second-order valence-electron chi connectivity index (χ2n) is 6.57. The molecule has 1 atom stereocenters. The highest BCUT2D eigenvalue weighted by molar-refractivity contribution is 8.00. The number of anilines is 1. The molecule has 1 heterocycles. The summed E-state index contributed by atoms with van der Waals surface area (Å²) in [5.74, 6) is -0.249. The minimum absolute atomic E-state index is 0.0482. The first-order valence-electron chi connectivity index (χ1n) is 8.62. The molecular formula is C20H21N3O3S2. The van der Waals surface area contributed by atoms with E-state index in [2.05, 4.69) is 5.32 Å². The number of rotatable bonds is 5. The number of primary sulfonamides is 1. The van der Waals surface area contributed by atoms with Crippen LogP contribution in [-0.2, 0) is 14.8 Å². The van der Waals surface area contributed by atoms with Gasteiger partial charge in [0.25, 0.3) is 0 Å². The highest BCUT2D eigenvalue weighted by atomic mass is 32.2. The number of para-hydroxylation sites is 1. The highest BCUT2D eigenvalue weighted by Crippen LogP contribution is 2.28. The van der Waals surface area contributed by atoms with Crippen LogP contribution in [0, 0.1) is 13.8 Å². The van der Waals surface area contributed by atoms with Gasteiger partial charge in [0.15, 0.2) is 0 Å². The van der Waals surface area contributed by atoms with Crippen LogP contribution in [0.1, 0.15) is 18.1 Å². The third-order valence-corrected chi connectivity index (χ3v) is 6.25. The van der Waals surface area contributed by atoms with Gasteiger partial charge in [-0.15, -0.1) is 0 Å². The lowest BCUT2D eigenvalue weighted by molar-refractivity contribution is -0.115. The Labute approximate surface area is 168 Å². The fraction of sp³-hybridized carbons (Fsp3) is 0.200. The summed E-state index contributed by atoms with van der Waals surface area (Å²) in [5.41, 5.74) is 3.49. The van der Waals surface area contributed by atoms with Crippen molar-refractivity contribution in [2.75, 3.05) is 5.32 Å². The highest BCUT2D eigenvalue weighted by Gasteiger charge is 2.17. The van der Waals surface area contributed by atoms with E-state index in [9.17, 15) is 13.2 Å². The van der Waals surface area contributed by atoms with Crippen LogP contribution in [-0.4, -0.2) is 24.6 Å². The Morgan fingerprint density at radius 1 is 1.11 bits per heavy atom. The Morgan fingerprint density at radius 2 is 1.82 bits per heavy atom. The van der Waals surface area contributed by atoms with Gasteiger partial charge in [-0.1, -0.05) is 36.0 Å². The van der Waals surface area contributed by atoms with E-state index in [1.54, 1.807) is 13.0 Å². The fourth-order valence-corrected chi connectivity index (χ4v) is 4.30. The van der Waals surface area contributed by atoms with E-state index in [1.807, 2.05) is 38.1 Å². The zero-order valence-corrected chi connectivity index (χ0v) is 17.4. The maximum atomic E-state index is 12.6. The zero-order chi connectivity index (χ0) is 20.5. The SMILES string of the molecule is Cc1cc(S[C@H](C)C(=O)Nc2cccc(S(N)(=O)=O)c2)nc2c(C)cccc12. The van der Waals surface area contributed by atoms with Crippen LogP contribution in [0.15, 0.2) is 58.5 Å². The van der Waals surface area contributed by atoms with Crippen molar-refractivity contribution in [1.82, 2.24) is 4.98 Å². The summed E-state index contributed by atoms with van der Waals surface area (Å²) in [4.78, 5) is 17.2. The third kappa shape index (κ3) is 4.52. The maximum Gasteiger partial charge on any atom is 0.238 e. The second kappa shape index (κ2) is 7.90. The lowest BCUT2D eigenvalue weighted by atomic mass is 10.1. The first kappa shape index (κ1) is 20.3. The number of benzene rings is 2. The minimum atomic E-state index is -3.83. The normalized spacial score (nSPS) is 12.7. The summed E-state index contributed by atoms with van der Waals surface area (Å²) >= 11 is 1.35. The molecule has 0 saturated carbocycles. The lowest BCUT2D eigenvalue weighted by Gasteiger charge is -2.14. The number of aromatic nitrogens is 1. The number of nitrogens with one attached hydrogen (secondary N) is 1. The molecule has 0 spiro atoms. The summed E-state index contributed by atoms with van der Waals surface area (Å²) in [5, 5.41) is 9.31. The maximum absolute atomic E-state index is 12.6. The van der Waals surface area contributed by atoms with E-state index < -0.39 is 15.3 Å². The average molecular weight is 416 g/mol. The fourth-order valence-electron chi connectivity index (χ4n) is 2.82. The van der Waals surface area contributed by atoms with Gasteiger partial charge in [0, 0.05) is 11.1 Å². The lowest BCUT2D eigenvalue weighted by Crippen LogP contribution is -2.23. The molecule has 0 saturated heterocycles.